The summed E-state index contributed by atoms with van der Waals surface area (Å²) < 4.78 is 1.77. The lowest BCUT2D eigenvalue weighted by Crippen LogP contribution is -2.30. The van der Waals surface area contributed by atoms with Gasteiger partial charge in [-0.1, -0.05) is 11.6 Å². The van der Waals surface area contributed by atoms with Crippen molar-refractivity contribution in [1.29, 1.82) is 0 Å². The van der Waals surface area contributed by atoms with Crippen LogP contribution in [0.1, 0.15) is 31.2 Å². The van der Waals surface area contributed by atoms with Crippen LogP contribution in [-0.4, -0.2) is 20.5 Å². The van der Waals surface area contributed by atoms with Gasteiger partial charge in [0.2, 0.25) is 0 Å². The molecule has 1 N–H and O–H groups in total. The first-order chi connectivity index (χ1) is 6.92. The second-order valence-electron chi connectivity index (χ2n) is 4.78. The highest BCUT2D eigenvalue weighted by atomic mass is 35.5. The average Bonchev–Trinajstić information content (AvgIpc) is 2.92. The smallest absolute Gasteiger partial charge is 0.0848 e. The van der Waals surface area contributed by atoms with Gasteiger partial charge in [0.05, 0.1) is 22.0 Å². The Morgan fingerprint density at radius 1 is 1.60 bits per heavy atom. The van der Waals surface area contributed by atoms with Crippen molar-refractivity contribution >= 4 is 11.6 Å². The molecule has 0 aromatic carbocycles. The van der Waals surface area contributed by atoms with Gasteiger partial charge in [0, 0.05) is 13.5 Å². The molecule has 1 aromatic heterocycles. The Hall–Kier alpha value is -0.540. The van der Waals surface area contributed by atoms with Gasteiger partial charge < -0.3 is 5.11 Å². The van der Waals surface area contributed by atoms with Crippen LogP contribution in [0.15, 0.2) is 0 Å². The number of hydrogen-bond donors (Lipinski definition) is 1. The van der Waals surface area contributed by atoms with E-state index in [1.165, 1.54) is 0 Å². The molecule has 15 heavy (non-hydrogen) atoms. The highest BCUT2D eigenvalue weighted by molar-refractivity contribution is 6.31. The number of aryl methyl sites for hydroxylation is 2. The highest BCUT2D eigenvalue weighted by Gasteiger charge is 2.40. The van der Waals surface area contributed by atoms with E-state index in [1.54, 1.807) is 4.68 Å². The summed E-state index contributed by atoms with van der Waals surface area (Å²) in [5.41, 5.74) is 1.14. The first-order valence-corrected chi connectivity index (χ1v) is 5.70. The van der Waals surface area contributed by atoms with E-state index in [-0.39, 0.29) is 0 Å². The number of rotatable bonds is 3. The van der Waals surface area contributed by atoms with Gasteiger partial charge in [-0.3, -0.25) is 4.68 Å². The molecule has 1 heterocycles. The molecular weight excluding hydrogens is 212 g/mol. The first-order valence-electron chi connectivity index (χ1n) is 5.32. The van der Waals surface area contributed by atoms with Gasteiger partial charge in [-0.15, -0.1) is 0 Å². The molecule has 1 saturated carbocycles. The Kier molecular flexibility index (Phi) is 2.55. The second kappa shape index (κ2) is 3.49. The van der Waals surface area contributed by atoms with Gasteiger partial charge in [-0.25, -0.2) is 0 Å². The van der Waals surface area contributed by atoms with E-state index in [0.717, 1.165) is 24.2 Å². The Balaban J connectivity index is 2.23. The van der Waals surface area contributed by atoms with Crippen LogP contribution in [0.3, 0.4) is 0 Å². The predicted molar refractivity (Wildman–Crippen MR) is 60.0 cm³/mol. The molecule has 4 heteroatoms. The fourth-order valence-electron chi connectivity index (χ4n) is 2.06. The minimum Gasteiger partial charge on any atom is -0.389 e. The van der Waals surface area contributed by atoms with Gasteiger partial charge in [0.25, 0.3) is 0 Å². The van der Waals surface area contributed by atoms with Crippen LogP contribution in [0, 0.1) is 12.8 Å². The largest absolute Gasteiger partial charge is 0.389 e. The topological polar surface area (TPSA) is 38.0 Å². The molecule has 0 spiro atoms. The molecule has 3 nitrogen and oxygen atoms in total. The molecule has 0 bridgehead atoms. The number of nitrogens with zero attached hydrogens (tertiary/aromatic N) is 2. The monoisotopic (exact) mass is 228 g/mol. The van der Waals surface area contributed by atoms with Crippen molar-refractivity contribution < 1.29 is 5.11 Å². The maximum absolute atomic E-state index is 10.3. The maximum Gasteiger partial charge on any atom is 0.0848 e. The third kappa shape index (κ3) is 2.04. The van der Waals surface area contributed by atoms with E-state index in [0.29, 0.717) is 17.4 Å². The molecule has 84 valence electrons. The number of hydrogen-bond acceptors (Lipinski definition) is 2. The molecular formula is C11H17ClN2O. The number of halogens is 1. The van der Waals surface area contributed by atoms with Crippen molar-refractivity contribution in [3.05, 3.63) is 16.4 Å². The van der Waals surface area contributed by atoms with E-state index in [2.05, 4.69) is 5.10 Å². The summed E-state index contributed by atoms with van der Waals surface area (Å²) in [5, 5.41) is 15.2. The molecule has 1 fully saturated rings. The molecule has 0 saturated heterocycles. The third-order valence-corrected chi connectivity index (χ3v) is 3.74. The summed E-state index contributed by atoms with van der Waals surface area (Å²) in [7, 11) is 1.87. The van der Waals surface area contributed by atoms with Crippen LogP contribution >= 0.6 is 11.6 Å². The zero-order valence-electron chi connectivity index (χ0n) is 9.42. The Labute approximate surface area is 95.0 Å². The van der Waals surface area contributed by atoms with Crippen molar-refractivity contribution in [1.82, 2.24) is 9.78 Å². The Morgan fingerprint density at radius 2 is 2.20 bits per heavy atom. The van der Waals surface area contributed by atoms with Gasteiger partial charge in [0.15, 0.2) is 0 Å². The molecule has 1 atom stereocenters. The van der Waals surface area contributed by atoms with Gasteiger partial charge in [-0.05, 0) is 32.6 Å². The molecule has 1 aliphatic carbocycles. The quantitative estimate of drug-likeness (QED) is 0.861. The van der Waals surface area contributed by atoms with Crippen LogP contribution in [0.2, 0.25) is 5.02 Å². The number of aliphatic hydroxyl groups is 1. The number of aromatic nitrogens is 2. The Bertz CT molecular complexity index is 380. The summed E-state index contributed by atoms with van der Waals surface area (Å²) in [6, 6.07) is 0. The van der Waals surface area contributed by atoms with Gasteiger partial charge in [-0.2, -0.15) is 5.10 Å². The summed E-state index contributed by atoms with van der Waals surface area (Å²) in [6.07, 6.45) is 2.84. The van der Waals surface area contributed by atoms with E-state index < -0.39 is 5.60 Å². The fraction of sp³-hybridized carbons (Fsp3) is 0.727. The van der Waals surface area contributed by atoms with Crippen LogP contribution in [0.25, 0.3) is 0 Å². The van der Waals surface area contributed by atoms with Gasteiger partial charge >= 0.3 is 0 Å². The summed E-state index contributed by atoms with van der Waals surface area (Å²) in [6.45, 7) is 3.78. The van der Waals surface area contributed by atoms with E-state index in [9.17, 15) is 5.11 Å². The maximum atomic E-state index is 10.3. The van der Waals surface area contributed by atoms with Crippen LogP contribution in [0.4, 0.5) is 0 Å². The highest BCUT2D eigenvalue weighted by Crippen LogP contribution is 2.41. The molecule has 2 rings (SSSR count). The molecule has 0 radical (unpaired) electrons. The third-order valence-electron chi connectivity index (χ3n) is 3.24. The first kappa shape index (κ1) is 11.0. The zero-order chi connectivity index (χ0) is 11.2. The van der Waals surface area contributed by atoms with E-state index >= 15 is 0 Å². The molecule has 0 amide bonds. The Morgan fingerprint density at radius 3 is 2.60 bits per heavy atom. The van der Waals surface area contributed by atoms with Crippen molar-refractivity contribution in [3.8, 4) is 0 Å². The molecule has 1 aromatic rings. The van der Waals surface area contributed by atoms with E-state index in [4.69, 9.17) is 11.6 Å². The average molecular weight is 229 g/mol. The standard InChI is InChI=1S/C11H17ClN2O/c1-7-10(12)9(14(3)13-7)6-11(2,15)8-4-5-8/h8,15H,4-6H2,1-3H3. The van der Waals surface area contributed by atoms with E-state index in [1.807, 2.05) is 20.9 Å². The van der Waals surface area contributed by atoms with Crippen LogP contribution in [-0.2, 0) is 13.5 Å². The minimum atomic E-state index is -0.635. The summed E-state index contributed by atoms with van der Waals surface area (Å²) >= 11 is 6.15. The SMILES string of the molecule is Cc1nn(C)c(CC(C)(O)C2CC2)c1Cl. The predicted octanol–water partition coefficient (Wildman–Crippen LogP) is 2.09. The summed E-state index contributed by atoms with van der Waals surface area (Å²) in [5.74, 6) is 0.434. The van der Waals surface area contributed by atoms with Crippen molar-refractivity contribution in [2.45, 2.75) is 38.7 Å². The second-order valence-corrected chi connectivity index (χ2v) is 5.16. The van der Waals surface area contributed by atoms with Crippen molar-refractivity contribution in [3.63, 3.8) is 0 Å². The normalized spacial score (nSPS) is 20.3. The minimum absolute atomic E-state index is 0.434. The van der Waals surface area contributed by atoms with Crippen molar-refractivity contribution in [2.24, 2.45) is 13.0 Å². The van der Waals surface area contributed by atoms with Gasteiger partial charge in [0.1, 0.15) is 0 Å². The van der Waals surface area contributed by atoms with Crippen molar-refractivity contribution in [2.75, 3.05) is 0 Å². The zero-order valence-corrected chi connectivity index (χ0v) is 10.2. The molecule has 0 aliphatic heterocycles. The lowest BCUT2D eigenvalue weighted by molar-refractivity contribution is 0.0354. The lowest BCUT2D eigenvalue weighted by atomic mass is 9.94. The fourth-order valence-corrected chi connectivity index (χ4v) is 2.29. The summed E-state index contributed by atoms with van der Waals surface area (Å²) in [4.78, 5) is 0. The van der Waals surface area contributed by atoms with Crippen LogP contribution in [0.5, 0.6) is 0 Å². The molecule has 1 aliphatic rings. The molecule has 1 unspecified atom stereocenters. The van der Waals surface area contributed by atoms with Crippen LogP contribution < -0.4 is 0 Å². The lowest BCUT2D eigenvalue weighted by Gasteiger charge is -2.23.